The molecule has 3 aromatic carbocycles. The van der Waals surface area contributed by atoms with E-state index < -0.39 is 0 Å². The maximum Gasteiger partial charge on any atom is 0.282 e. The molecule has 0 aliphatic rings. The summed E-state index contributed by atoms with van der Waals surface area (Å²) < 4.78 is 0. The number of quaternary nitrogens is 1. The fraction of sp³-hybridized carbons (Fsp3) is 0.208. The van der Waals surface area contributed by atoms with E-state index in [0.29, 0.717) is 0 Å². The van der Waals surface area contributed by atoms with E-state index in [0.717, 1.165) is 28.3 Å². The first-order valence-corrected chi connectivity index (χ1v) is 10.7. The van der Waals surface area contributed by atoms with Crippen molar-refractivity contribution >= 4 is 23.4 Å². The number of benzene rings is 3. The molecule has 28 heavy (non-hydrogen) atoms. The second-order valence-electron chi connectivity index (χ2n) is 6.99. The normalized spacial score (nSPS) is 13.0. The molecule has 0 saturated heterocycles. The van der Waals surface area contributed by atoms with Crippen molar-refractivity contribution in [1.29, 1.82) is 0 Å². The molecule has 144 valence electrons. The summed E-state index contributed by atoms with van der Waals surface area (Å²) in [5.74, 6) is 0.0293. The van der Waals surface area contributed by atoms with Gasteiger partial charge in [-0.2, -0.15) is 0 Å². The van der Waals surface area contributed by atoms with Crippen molar-refractivity contribution in [3.8, 4) is 11.1 Å². The lowest BCUT2D eigenvalue weighted by molar-refractivity contribution is -0.907. The van der Waals surface area contributed by atoms with Gasteiger partial charge in [0.1, 0.15) is 6.54 Å². The molecule has 0 fully saturated rings. The summed E-state index contributed by atoms with van der Waals surface area (Å²) in [6.45, 7) is 2.79. The van der Waals surface area contributed by atoms with Crippen LogP contribution in [0.3, 0.4) is 0 Å². The van der Waals surface area contributed by atoms with Gasteiger partial charge < -0.3 is 10.2 Å². The summed E-state index contributed by atoms with van der Waals surface area (Å²) in [5.41, 5.74) is 4.22. The minimum absolute atomic E-state index is 0.0293. The molecule has 2 N–H and O–H groups in total. The molecule has 0 aromatic heterocycles. The molecule has 3 rings (SSSR count). The van der Waals surface area contributed by atoms with Gasteiger partial charge in [-0.05, 0) is 36.9 Å². The number of rotatable bonds is 7. The molecule has 1 amide bonds. The highest BCUT2D eigenvalue weighted by atomic mass is 32.2. The number of carbonyl (C=O) groups is 1. The third-order valence-electron chi connectivity index (χ3n) is 5.04. The highest BCUT2D eigenvalue weighted by Crippen LogP contribution is 2.27. The number of anilines is 1. The van der Waals surface area contributed by atoms with Crippen molar-refractivity contribution < 1.29 is 9.69 Å². The second kappa shape index (κ2) is 9.58. The summed E-state index contributed by atoms with van der Waals surface area (Å²) in [5, 5.41) is 3.13. The Morgan fingerprint density at radius 3 is 2.29 bits per heavy atom. The van der Waals surface area contributed by atoms with Crippen LogP contribution >= 0.6 is 11.8 Å². The smallest absolute Gasteiger partial charge is 0.282 e. The molecule has 4 heteroatoms. The number of nitrogens with one attached hydrogen (secondary N) is 2. The first kappa shape index (κ1) is 20.2. The van der Waals surface area contributed by atoms with Crippen LogP contribution in [0.1, 0.15) is 12.5 Å². The average molecular weight is 392 g/mol. The van der Waals surface area contributed by atoms with Crippen LogP contribution in [0.4, 0.5) is 5.69 Å². The predicted octanol–water partition coefficient (Wildman–Crippen LogP) is 4.12. The van der Waals surface area contributed by atoms with Gasteiger partial charge in [0, 0.05) is 21.7 Å². The van der Waals surface area contributed by atoms with Crippen molar-refractivity contribution in [2.45, 2.75) is 24.4 Å². The topological polar surface area (TPSA) is 33.5 Å². The molecule has 0 spiro atoms. The number of hydrogen-bond donors (Lipinski definition) is 2. The largest absolute Gasteiger partial charge is 0.324 e. The lowest BCUT2D eigenvalue weighted by Gasteiger charge is -2.22. The van der Waals surface area contributed by atoms with E-state index >= 15 is 0 Å². The Morgan fingerprint density at radius 2 is 1.61 bits per heavy atom. The fourth-order valence-electron chi connectivity index (χ4n) is 3.14. The van der Waals surface area contributed by atoms with Gasteiger partial charge >= 0.3 is 0 Å². The van der Waals surface area contributed by atoms with E-state index in [1.807, 2.05) is 49.4 Å². The SMILES string of the molecule is CSc1ccc(C[NH+](C)[C@H](C)C(=O)Nc2ccccc2-c2ccccc2)cc1. The van der Waals surface area contributed by atoms with E-state index in [4.69, 9.17) is 0 Å². The standard InChI is InChI=1S/C24H26N2OS/c1-18(26(2)17-19-13-15-21(28-3)16-14-19)24(27)25-23-12-8-7-11-22(23)20-9-5-4-6-10-20/h4-16,18H,17H2,1-3H3,(H,25,27)/p+1/t18-/m1/s1. The predicted molar refractivity (Wildman–Crippen MR) is 119 cm³/mol. The van der Waals surface area contributed by atoms with Gasteiger partial charge in [0.25, 0.3) is 5.91 Å². The summed E-state index contributed by atoms with van der Waals surface area (Å²) in [6, 6.07) is 26.5. The van der Waals surface area contributed by atoms with Crippen LogP contribution in [-0.4, -0.2) is 25.3 Å². The number of hydrogen-bond acceptors (Lipinski definition) is 2. The van der Waals surface area contributed by atoms with E-state index in [2.05, 4.69) is 55.0 Å². The third-order valence-corrected chi connectivity index (χ3v) is 5.79. The monoisotopic (exact) mass is 391 g/mol. The first-order chi connectivity index (χ1) is 13.6. The van der Waals surface area contributed by atoms with Gasteiger partial charge in [-0.1, -0.05) is 60.7 Å². The summed E-state index contributed by atoms with van der Waals surface area (Å²) in [6.07, 6.45) is 2.08. The molecular formula is C24H27N2OS+. The van der Waals surface area contributed by atoms with Crippen LogP contribution in [-0.2, 0) is 11.3 Å². The van der Waals surface area contributed by atoms with Gasteiger partial charge in [-0.15, -0.1) is 11.8 Å². The molecule has 1 unspecified atom stereocenters. The van der Waals surface area contributed by atoms with E-state index in [9.17, 15) is 4.79 Å². The van der Waals surface area contributed by atoms with Crippen molar-refractivity contribution in [1.82, 2.24) is 0 Å². The molecule has 0 heterocycles. The average Bonchev–Trinajstić information content (AvgIpc) is 2.74. The number of carbonyl (C=O) groups excluding carboxylic acids is 1. The Hall–Kier alpha value is -2.56. The lowest BCUT2D eigenvalue weighted by Crippen LogP contribution is -3.12. The molecule has 0 saturated carbocycles. The van der Waals surface area contributed by atoms with Gasteiger partial charge in [-0.3, -0.25) is 4.79 Å². The molecule has 0 radical (unpaired) electrons. The molecule has 0 bridgehead atoms. The molecule has 3 nitrogen and oxygen atoms in total. The minimum Gasteiger partial charge on any atom is -0.324 e. The molecule has 3 aromatic rings. The summed E-state index contributed by atoms with van der Waals surface area (Å²) >= 11 is 1.74. The van der Waals surface area contributed by atoms with Gasteiger partial charge in [0.2, 0.25) is 0 Å². The van der Waals surface area contributed by atoms with Crippen LogP contribution in [0.2, 0.25) is 0 Å². The maximum absolute atomic E-state index is 12.9. The Labute approximate surface area is 171 Å². The van der Waals surface area contributed by atoms with Crippen molar-refractivity contribution in [2.24, 2.45) is 0 Å². The second-order valence-corrected chi connectivity index (χ2v) is 7.87. The first-order valence-electron chi connectivity index (χ1n) is 9.49. The number of para-hydroxylation sites is 1. The Bertz CT molecular complexity index is 909. The zero-order valence-electron chi connectivity index (χ0n) is 16.6. The van der Waals surface area contributed by atoms with Gasteiger partial charge in [0.05, 0.1) is 7.05 Å². The van der Waals surface area contributed by atoms with Gasteiger partial charge in [-0.25, -0.2) is 0 Å². The van der Waals surface area contributed by atoms with E-state index in [-0.39, 0.29) is 11.9 Å². The number of amides is 1. The van der Waals surface area contributed by atoms with Crippen molar-refractivity contribution in [3.63, 3.8) is 0 Å². The minimum atomic E-state index is -0.163. The quantitative estimate of drug-likeness (QED) is 0.594. The maximum atomic E-state index is 12.9. The third kappa shape index (κ3) is 5.03. The summed E-state index contributed by atoms with van der Waals surface area (Å²) in [4.78, 5) is 15.3. The summed E-state index contributed by atoms with van der Waals surface area (Å²) in [7, 11) is 2.07. The molecule has 0 aliphatic heterocycles. The Balaban J connectivity index is 1.69. The zero-order chi connectivity index (χ0) is 19.9. The number of thioether (sulfide) groups is 1. The highest BCUT2D eigenvalue weighted by molar-refractivity contribution is 7.98. The van der Waals surface area contributed by atoms with Crippen LogP contribution in [0.25, 0.3) is 11.1 Å². The Morgan fingerprint density at radius 1 is 0.964 bits per heavy atom. The van der Waals surface area contributed by atoms with Crippen LogP contribution in [0.5, 0.6) is 0 Å². The van der Waals surface area contributed by atoms with E-state index in [1.165, 1.54) is 10.5 Å². The van der Waals surface area contributed by atoms with Crippen LogP contribution in [0.15, 0.2) is 83.8 Å². The lowest BCUT2D eigenvalue weighted by atomic mass is 10.0. The fourth-order valence-corrected chi connectivity index (χ4v) is 3.55. The Kier molecular flexibility index (Phi) is 6.90. The number of likely N-dealkylation sites (N-methyl/N-ethyl adjacent to an activating group) is 1. The van der Waals surface area contributed by atoms with Crippen molar-refractivity contribution in [3.05, 3.63) is 84.4 Å². The molecule has 0 aliphatic carbocycles. The molecule has 2 atom stereocenters. The zero-order valence-corrected chi connectivity index (χ0v) is 17.4. The molecular weight excluding hydrogens is 364 g/mol. The van der Waals surface area contributed by atoms with Crippen molar-refractivity contribution in [2.75, 3.05) is 18.6 Å². The van der Waals surface area contributed by atoms with E-state index in [1.54, 1.807) is 11.8 Å². The van der Waals surface area contributed by atoms with Crippen LogP contribution in [0, 0.1) is 0 Å². The van der Waals surface area contributed by atoms with Crippen LogP contribution < -0.4 is 10.2 Å². The highest BCUT2D eigenvalue weighted by Gasteiger charge is 2.23. The van der Waals surface area contributed by atoms with Gasteiger partial charge in [0.15, 0.2) is 6.04 Å².